The van der Waals surface area contributed by atoms with Crippen molar-refractivity contribution in [2.75, 3.05) is 0 Å². The molecule has 2 aliphatic carbocycles. The highest BCUT2D eigenvalue weighted by atomic mass is 14.6. The quantitative estimate of drug-likeness (QED) is 0.140. The molecule has 0 aromatic heterocycles. The van der Waals surface area contributed by atoms with Crippen molar-refractivity contribution in [3.8, 4) is 122 Å². The van der Waals surface area contributed by atoms with Crippen LogP contribution in [0.1, 0.15) is 0 Å². The van der Waals surface area contributed by atoms with Gasteiger partial charge in [0.15, 0.2) is 5.69 Å². The molecule has 0 unspecified atom stereocenters. The summed E-state index contributed by atoms with van der Waals surface area (Å²) in [6.07, 6.45) is 0. The van der Waals surface area contributed by atoms with Gasteiger partial charge in [-0.05, 0) is 172 Å². The van der Waals surface area contributed by atoms with Gasteiger partial charge in [0.1, 0.15) is 0 Å². The van der Waals surface area contributed by atoms with Gasteiger partial charge in [-0.25, -0.2) is 4.85 Å². The third-order valence-electron chi connectivity index (χ3n) is 16.8. The van der Waals surface area contributed by atoms with E-state index in [1.165, 1.54) is 143 Å². The Bertz CT molecular complexity index is 4670. The first kappa shape index (κ1) is 44.0. The van der Waals surface area contributed by atoms with Gasteiger partial charge in [0.05, 0.1) is 6.57 Å². The van der Waals surface area contributed by atoms with Crippen LogP contribution in [-0.2, 0) is 0 Å². The number of benzene rings is 14. The lowest BCUT2D eigenvalue weighted by Gasteiger charge is -2.20. The van der Waals surface area contributed by atoms with Crippen molar-refractivity contribution >= 4 is 48.8 Å². The minimum absolute atomic E-state index is 0.625. The van der Waals surface area contributed by atoms with Gasteiger partial charge in [0.25, 0.3) is 0 Å². The van der Waals surface area contributed by atoms with Crippen molar-refractivity contribution in [3.63, 3.8) is 0 Å². The van der Waals surface area contributed by atoms with Crippen molar-refractivity contribution in [2.45, 2.75) is 0 Å². The Morgan fingerprint density at radius 1 is 0.192 bits per heavy atom. The monoisotopic (exact) mass is 983 g/mol. The molecular formula is C77H45N. The van der Waals surface area contributed by atoms with E-state index in [1.54, 1.807) is 0 Å². The van der Waals surface area contributed by atoms with Crippen LogP contribution in [-0.4, -0.2) is 0 Å². The first-order valence-corrected chi connectivity index (χ1v) is 26.9. The zero-order chi connectivity index (χ0) is 51.4. The van der Waals surface area contributed by atoms with Gasteiger partial charge >= 0.3 is 0 Å². The molecule has 14 aromatic rings. The summed E-state index contributed by atoms with van der Waals surface area (Å²) in [5.41, 5.74) is 27.6. The summed E-state index contributed by atoms with van der Waals surface area (Å²) in [7, 11) is 0. The van der Waals surface area contributed by atoms with E-state index in [-0.39, 0.29) is 0 Å². The molecule has 0 atom stereocenters. The van der Waals surface area contributed by atoms with E-state index < -0.39 is 0 Å². The molecule has 1 nitrogen and oxygen atoms in total. The first-order chi connectivity index (χ1) is 38.7. The van der Waals surface area contributed by atoms with Crippen LogP contribution >= 0.6 is 0 Å². The van der Waals surface area contributed by atoms with Crippen LogP contribution in [0.4, 0.5) is 5.69 Å². The highest BCUT2D eigenvalue weighted by molar-refractivity contribution is 6.31. The summed E-state index contributed by atoms with van der Waals surface area (Å²) in [4.78, 5) is 3.81. The molecule has 0 fully saturated rings. The lowest BCUT2D eigenvalue weighted by molar-refractivity contribution is 1.59. The summed E-state index contributed by atoms with van der Waals surface area (Å²) < 4.78 is 0. The number of hydrogen-bond acceptors (Lipinski definition) is 0. The highest BCUT2D eigenvalue weighted by Crippen LogP contribution is 2.61. The van der Waals surface area contributed by atoms with Gasteiger partial charge in [0, 0.05) is 0 Å². The van der Waals surface area contributed by atoms with Crippen molar-refractivity contribution in [1.29, 1.82) is 0 Å². The topological polar surface area (TPSA) is 4.36 Å². The van der Waals surface area contributed by atoms with Crippen LogP contribution in [0.2, 0.25) is 0 Å². The molecule has 1 heteroatoms. The lowest BCUT2D eigenvalue weighted by atomic mass is 9.82. The third-order valence-corrected chi connectivity index (χ3v) is 16.8. The number of hydrogen-bond donors (Lipinski definition) is 0. The normalized spacial score (nSPS) is 11.8. The maximum absolute atomic E-state index is 7.88. The minimum atomic E-state index is 0.625. The molecule has 78 heavy (non-hydrogen) atoms. The SMILES string of the molecule is [C-]#[N+]c1ccc(-c2cc(-c3ccc4c5c(cccc35)-c3c-4c(-c4ccccc4)c4ccccc4c3-c3ccccc3)ccc2-c2ccc3c4c(cccc24)-c2c-3c(-c3ccccc3)c3ccccc3c2-c2ccccc2)cc1. The molecule has 2 aliphatic rings. The van der Waals surface area contributed by atoms with Crippen LogP contribution in [0.5, 0.6) is 0 Å². The Labute approximate surface area is 453 Å². The van der Waals surface area contributed by atoms with Gasteiger partial charge in [0.2, 0.25) is 0 Å². The summed E-state index contributed by atoms with van der Waals surface area (Å²) in [6.45, 7) is 7.88. The van der Waals surface area contributed by atoms with Crippen LogP contribution in [0.15, 0.2) is 273 Å². The molecule has 0 amide bonds. The van der Waals surface area contributed by atoms with E-state index >= 15 is 0 Å². The molecule has 14 aromatic carbocycles. The molecule has 0 bridgehead atoms. The number of nitrogens with zero attached hydrogens (tertiary/aromatic N) is 1. The van der Waals surface area contributed by atoms with Crippen molar-refractivity contribution < 1.29 is 0 Å². The zero-order valence-corrected chi connectivity index (χ0v) is 42.4. The average molecular weight is 984 g/mol. The summed E-state index contributed by atoms with van der Waals surface area (Å²) >= 11 is 0. The molecule has 0 heterocycles. The number of rotatable bonds is 7. The maximum Gasteiger partial charge on any atom is 0.187 e. The van der Waals surface area contributed by atoms with Crippen molar-refractivity contribution in [2.24, 2.45) is 0 Å². The van der Waals surface area contributed by atoms with E-state index in [0.717, 1.165) is 22.3 Å². The molecular weight excluding hydrogens is 939 g/mol. The maximum atomic E-state index is 7.88. The lowest BCUT2D eigenvalue weighted by Crippen LogP contribution is -1.93. The predicted octanol–water partition coefficient (Wildman–Crippen LogP) is 21.8. The van der Waals surface area contributed by atoms with E-state index in [4.69, 9.17) is 6.57 Å². The van der Waals surface area contributed by atoms with Crippen molar-refractivity contribution in [3.05, 3.63) is 284 Å². The smallest absolute Gasteiger partial charge is 0.187 e. The average Bonchev–Trinajstić information content (AvgIpc) is 4.10. The fraction of sp³-hybridized carbons (Fsp3) is 0. The van der Waals surface area contributed by atoms with Gasteiger partial charge < -0.3 is 0 Å². The minimum Gasteiger partial charge on any atom is -0.238 e. The molecule has 0 aliphatic heterocycles. The van der Waals surface area contributed by atoms with Gasteiger partial charge in [-0.1, -0.05) is 267 Å². The van der Waals surface area contributed by atoms with Gasteiger partial charge in [-0.15, -0.1) is 0 Å². The van der Waals surface area contributed by atoms with Crippen LogP contribution < -0.4 is 0 Å². The fourth-order valence-corrected chi connectivity index (χ4v) is 13.6. The molecule has 0 saturated heterocycles. The third kappa shape index (κ3) is 6.42. The van der Waals surface area contributed by atoms with E-state index in [1.807, 2.05) is 12.1 Å². The Kier molecular flexibility index (Phi) is 9.77. The Balaban J connectivity index is 0.931. The second-order valence-electron chi connectivity index (χ2n) is 20.8. The zero-order valence-electron chi connectivity index (χ0n) is 42.4. The molecule has 16 rings (SSSR count). The Morgan fingerprint density at radius 2 is 0.513 bits per heavy atom. The van der Waals surface area contributed by atoms with E-state index in [2.05, 4.69) is 266 Å². The fourth-order valence-electron chi connectivity index (χ4n) is 13.6. The first-order valence-electron chi connectivity index (χ1n) is 26.9. The largest absolute Gasteiger partial charge is 0.238 e. The Morgan fingerprint density at radius 3 is 0.923 bits per heavy atom. The van der Waals surface area contributed by atoms with Crippen LogP contribution in [0, 0.1) is 6.57 Å². The standard InChI is InChI=1S/C77H45N/c1-78-53-39-36-47(37-40-53)67-46-52(54-42-44-65-72-57(54)32-18-34-63(72)74-68(48-20-6-2-7-21-48)59-28-14-16-30-61(59)70(76(65)74)50-24-10-4-11-25-50)38-41-56(67)55-43-45-66-73-58(55)33-19-35-64(73)75-69(49-22-8-3-9-23-49)60-29-15-17-31-62(60)71(77(66)75)51-26-12-5-13-27-51/h2-46H. The van der Waals surface area contributed by atoms with Gasteiger partial charge in [-0.3, -0.25) is 0 Å². The second-order valence-corrected chi connectivity index (χ2v) is 20.8. The molecule has 358 valence electrons. The summed E-state index contributed by atoms with van der Waals surface area (Å²) in [5, 5.41) is 10.0. The molecule has 0 radical (unpaired) electrons. The predicted molar refractivity (Wildman–Crippen MR) is 330 cm³/mol. The van der Waals surface area contributed by atoms with Crippen LogP contribution in [0.3, 0.4) is 0 Å². The molecule has 0 spiro atoms. The van der Waals surface area contributed by atoms with E-state index in [9.17, 15) is 0 Å². The van der Waals surface area contributed by atoms with Crippen molar-refractivity contribution in [1.82, 2.24) is 0 Å². The molecule has 0 saturated carbocycles. The number of fused-ring (bicyclic) bond motifs is 8. The van der Waals surface area contributed by atoms with Crippen LogP contribution in [0.25, 0.3) is 170 Å². The summed E-state index contributed by atoms with van der Waals surface area (Å²) in [6, 6.07) is 100. The second kappa shape index (κ2) is 17.3. The Hall–Kier alpha value is -10.4. The highest BCUT2D eigenvalue weighted by Gasteiger charge is 2.33. The molecule has 0 N–H and O–H groups in total. The van der Waals surface area contributed by atoms with E-state index in [0.29, 0.717) is 5.69 Å². The summed E-state index contributed by atoms with van der Waals surface area (Å²) in [5.74, 6) is 0. The van der Waals surface area contributed by atoms with Gasteiger partial charge in [-0.2, -0.15) is 0 Å².